The quantitative estimate of drug-likeness (QED) is 0.839. The maximum atomic E-state index is 13.2. The van der Waals surface area contributed by atoms with Crippen molar-refractivity contribution >= 4 is 28.3 Å². The molecule has 4 bridgehead atoms. The minimum Gasteiger partial charge on any atom is -0.297 e. The minimum atomic E-state index is -0.183. The molecule has 0 radical (unpaired) electrons. The van der Waals surface area contributed by atoms with Crippen LogP contribution in [0.4, 0.5) is 0 Å². The molecule has 4 aliphatic rings. The molecule has 130 valence electrons. The van der Waals surface area contributed by atoms with Crippen molar-refractivity contribution in [2.45, 2.75) is 45.1 Å². The van der Waals surface area contributed by atoms with Gasteiger partial charge in [-0.15, -0.1) is 0 Å². The molecule has 0 atom stereocenters. The van der Waals surface area contributed by atoms with Gasteiger partial charge in [-0.05, 0) is 74.5 Å². The van der Waals surface area contributed by atoms with E-state index in [9.17, 15) is 9.59 Å². The monoisotopic (exact) mass is 356 g/mol. The molecule has 0 amide bonds. The van der Waals surface area contributed by atoms with E-state index in [0.29, 0.717) is 15.9 Å². The first kappa shape index (κ1) is 15.6. The summed E-state index contributed by atoms with van der Waals surface area (Å²) in [6.07, 6.45) is 8.52. The molecule has 0 spiro atoms. The highest BCUT2D eigenvalue weighted by molar-refractivity contribution is 6.31. The lowest BCUT2D eigenvalue weighted by Gasteiger charge is -2.56. The van der Waals surface area contributed by atoms with Gasteiger partial charge in [-0.3, -0.25) is 14.2 Å². The third kappa shape index (κ3) is 2.45. The first-order valence-corrected chi connectivity index (χ1v) is 9.58. The van der Waals surface area contributed by atoms with Crippen LogP contribution in [-0.4, -0.2) is 15.3 Å². The first-order chi connectivity index (χ1) is 12.0. The van der Waals surface area contributed by atoms with Gasteiger partial charge >= 0.3 is 0 Å². The Labute approximate surface area is 151 Å². The molecule has 0 saturated heterocycles. The fourth-order valence-electron chi connectivity index (χ4n) is 6.02. The average molecular weight is 357 g/mol. The number of carbonyl (C=O) groups is 1. The molecular formula is C20H21ClN2O2. The smallest absolute Gasteiger partial charge is 0.261 e. The van der Waals surface area contributed by atoms with Crippen molar-refractivity contribution < 1.29 is 4.79 Å². The number of aromatic nitrogens is 2. The summed E-state index contributed by atoms with van der Waals surface area (Å²) in [5.74, 6) is 2.40. The second kappa shape index (κ2) is 5.41. The van der Waals surface area contributed by atoms with Crippen molar-refractivity contribution in [2.24, 2.45) is 23.2 Å². The standard InChI is InChI=1S/C20H21ClN2O2/c21-15-1-2-17-16(6-15)19(25)23(11-22-17)10-18(24)20-7-12-3-13(8-20)5-14(4-12)9-20/h1-2,6,11-14H,3-5,7-10H2. The summed E-state index contributed by atoms with van der Waals surface area (Å²) >= 11 is 6.02. The van der Waals surface area contributed by atoms with E-state index >= 15 is 0 Å². The van der Waals surface area contributed by atoms with E-state index in [1.807, 2.05) is 0 Å². The Hall–Kier alpha value is -1.68. The molecule has 5 heteroatoms. The Kier molecular flexibility index (Phi) is 3.37. The van der Waals surface area contributed by atoms with E-state index in [1.165, 1.54) is 30.2 Å². The number of Topliss-reactive ketones (excluding diaryl/α,β-unsaturated/α-hetero) is 1. The molecule has 6 rings (SSSR count). The Balaban J connectivity index is 1.48. The minimum absolute atomic E-state index is 0.139. The van der Waals surface area contributed by atoms with Crippen molar-refractivity contribution in [1.29, 1.82) is 0 Å². The number of benzene rings is 1. The number of halogens is 1. The molecule has 4 aliphatic carbocycles. The van der Waals surface area contributed by atoms with Crippen LogP contribution in [0.5, 0.6) is 0 Å². The van der Waals surface area contributed by atoms with E-state index in [2.05, 4.69) is 4.98 Å². The summed E-state index contributed by atoms with van der Waals surface area (Å²) in [5, 5.41) is 0.991. The van der Waals surface area contributed by atoms with E-state index in [1.54, 1.807) is 18.2 Å². The summed E-state index contributed by atoms with van der Waals surface area (Å²) in [7, 11) is 0. The van der Waals surface area contributed by atoms with Crippen LogP contribution in [0.3, 0.4) is 0 Å². The van der Waals surface area contributed by atoms with Gasteiger partial charge in [-0.25, -0.2) is 4.98 Å². The number of ketones is 1. The number of carbonyl (C=O) groups excluding carboxylic acids is 1. The molecule has 0 aliphatic heterocycles. The van der Waals surface area contributed by atoms with Crippen LogP contribution in [0, 0.1) is 23.2 Å². The molecule has 0 N–H and O–H groups in total. The Morgan fingerprint density at radius 1 is 1.16 bits per heavy atom. The Morgan fingerprint density at radius 3 is 2.44 bits per heavy atom. The lowest BCUT2D eigenvalue weighted by Crippen LogP contribution is -2.51. The zero-order valence-corrected chi connectivity index (χ0v) is 14.8. The fraction of sp³-hybridized carbons (Fsp3) is 0.550. The van der Waals surface area contributed by atoms with Gasteiger partial charge < -0.3 is 0 Å². The predicted molar refractivity (Wildman–Crippen MR) is 96.6 cm³/mol. The van der Waals surface area contributed by atoms with Crippen molar-refractivity contribution in [2.75, 3.05) is 0 Å². The second-order valence-electron chi connectivity index (χ2n) is 8.46. The van der Waals surface area contributed by atoms with Crippen LogP contribution in [0.15, 0.2) is 29.3 Å². The maximum Gasteiger partial charge on any atom is 0.261 e. The number of rotatable bonds is 3. The lowest BCUT2D eigenvalue weighted by molar-refractivity contribution is -0.144. The Bertz CT molecular complexity index is 898. The lowest BCUT2D eigenvalue weighted by atomic mass is 9.48. The van der Waals surface area contributed by atoms with E-state index < -0.39 is 0 Å². The van der Waals surface area contributed by atoms with E-state index in [0.717, 1.165) is 37.0 Å². The highest BCUT2D eigenvalue weighted by atomic mass is 35.5. The zero-order chi connectivity index (χ0) is 17.2. The molecule has 1 aromatic carbocycles. The average Bonchev–Trinajstić information content (AvgIpc) is 2.56. The van der Waals surface area contributed by atoms with Gasteiger partial charge in [-0.1, -0.05) is 11.6 Å². The topological polar surface area (TPSA) is 52.0 Å². The number of nitrogens with zero attached hydrogens (tertiary/aromatic N) is 2. The third-order valence-corrected chi connectivity index (χ3v) is 6.96. The number of fused-ring (bicyclic) bond motifs is 1. The van der Waals surface area contributed by atoms with Gasteiger partial charge in [0, 0.05) is 10.4 Å². The van der Waals surface area contributed by atoms with Crippen molar-refractivity contribution in [3.63, 3.8) is 0 Å². The van der Waals surface area contributed by atoms with Gasteiger partial charge in [0.2, 0.25) is 0 Å². The molecule has 2 aromatic rings. The summed E-state index contributed by atoms with van der Waals surface area (Å²) in [6.45, 7) is 0.139. The molecule has 0 unspecified atom stereocenters. The van der Waals surface area contributed by atoms with E-state index in [-0.39, 0.29) is 23.3 Å². The largest absolute Gasteiger partial charge is 0.297 e. The van der Waals surface area contributed by atoms with Gasteiger partial charge in [-0.2, -0.15) is 0 Å². The van der Waals surface area contributed by atoms with Crippen LogP contribution in [0.1, 0.15) is 38.5 Å². The molecule has 4 saturated carbocycles. The SMILES string of the molecule is O=C(Cn1cnc2ccc(Cl)cc2c1=O)C12CC3CC(CC(C3)C1)C2. The van der Waals surface area contributed by atoms with Crippen LogP contribution in [0.2, 0.25) is 5.02 Å². The van der Waals surface area contributed by atoms with Crippen molar-refractivity contribution in [1.82, 2.24) is 9.55 Å². The van der Waals surface area contributed by atoms with Gasteiger partial charge in [0.1, 0.15) is 0 Å². The van der Waals surface area contributed by atoms with E-state index in [4.69, 9.17) is 11.6 Å². The number of hydrogen-bond donors (Lipinski definition) is 0. The molecule has 4 nitrogen and oxygen atoms in total. The zero-order valence-electron chi connectivity index (χ0n) is 14.1. The third-order valence-electron chi connectivity index (χ3n) is 6.73. The second-order valence-corrected chi connectivity index (χ2v) is 8.90. The maximum absolute atomic E-state index is 13.2. The molecule has 1 aromatic heterocycles. The van der Waals surface area contributed by atoms with Crippen LogP contribution in [0.25, 0.3) is 10.9 Å². The van der Waals surface area contributed by atoms with Crippen LogP contribution >= 0.6 is 11.6 Å². The molecule has 4 fully saturated rings. The summed E-state index contributed by atoms with van der Waals surface area (Å²) in [5.41, 5.74) is 0.260. The number of hydrogen-bond acceptors (Lipinski definition) is 3. The fourth-order valence-corrected chi connectivity index (χ4v) is 6.19. The Morgan fingerprint density at radius 2 is 1.80 bits per heavy atom. The van der Waals surface area contributed by atoms with Crippen molar-refractivity contribution in [3.05, 3.63) is 39.9 Å². The van der Waals surface area contributed by atoms with Crippen LogP contribution < -0.4 is 5.56 Å². The molecular weight excluding hydrogens is 336 g/mol. The van der Waals surface area contributed by atoms with Crippen LogP contribution in [-0.2, 0) is 11.3 Å². The summed E-state index contributed by atoms with van der Waals surface area (Å²) < 4.78 is 1.47. The van der Waals surface area contributed by atoms with Gasteiger partial charge in [0.25, 0.3) is 5.56 Å². The molecule has 25 heavy (non-hydrogen) atoms. The van der Waals surface area contributed by atoms with Gasteiger partial charge in [0.15, 0.2) is 5.78 Å². The highest BCUT2D eigenvalue weighted by Gasteiger charge is 2.54. The van der Waals surface area contributed by atoms with Crippen molar-refractivity contribution in [3.8, 4) is 0 Å². The van der Waals surface area contributed by atoms with Gasteiger partial charge in [0.05, 0.1) is 23.8 Å². The normalized spacial score (nSPS) is 33.1. The highest BCUT2D eigenvalue weighted by Crippen LogP contribution is 2.60. The predicted octanol–water partition coefficient (Wildman–Crippen LogP) is 3.84. The molecule has 1 heterocycles. The first-order valence-electron chi connectivity index (χ1n) is 9.20. The summed E-state index contributed by atoms with van der Waals surface area (Å²) in [4.78, 5) is 30.3. The summed E-state index contributed by atoms with van der Waals surface area (Å²) in [6, 6.07) is 5.10.